The molecule has 0 fully saturated rings. The second-order valence-electron chi connectivity index (χ2n) is 3.99. The van der Waals surface area contributed by atoms with E-state index in [2.05, 4.69) is 22.3 Å². The number of nitrogens with one attached hydrogen (secondary N) is 1. The predicted molar refractivity (Wildman–Crippen MR) is 76.7 cm³/mol. The molecule has 104 valence electrons. The second-order valence-corrected chi connectivity index (χ2v) is 5.31. The maximum Gasteiger partial charge on any atom is 0.0873 e. The smallest absolute Gasteiger partial charge is 0.0873 e. The van der Waals surface area contributed by atoms with Crippen molar-refractivity contribution in [2.24, 2.45) is 0 Å². The van der Waals surface area contributed by atoms with Crippen LogP contribution in [0.5, 0.6) is 0 Å². The predicted octanol–water partition coefficient (Wildman–Crippen LogP) is 2.34. The number of ether oxygens (including phenoxy) is 1. The molecule has 2 heterocycles. The third kappa shape index (κ3) is 3.33. The van der Waals surface area contributed by atoms with Crippen molar-refractivity contribution >= 4 is 22.9 Å². The zero-order valence-corrected chi connectivity index (χ0v) is 12.5. The summed E-state index contributed by atoms with van der Waals surface area (Å²) in [6.45, 7) is 4.19. The molecule has 2 aromatic heterocycles. The molecule has 19 heavy (non-hydrogen) atoms. The van der Waals surface area contributed by atoms with Crippen LogP contribution in [0.3, 0.4) is 0 Å². The highest BCUT2D eigenvalue weighted by Crippen LogP contribution is 2.30. The number of halogens is 1. The molecule has 5 nitrogen and oxygen atoms in total. The van der Waals surface area contributed by atoms with Gasteiger partial charge in [-0.3, -0.25) is 9.67 Å². The van der Waals surface area contributed by atoms with Gasteiger partial charge < -0.3 is 10.1 Å². The quantitative estimate of drug-likeness (QED) is 0.853. The van der Waals surface area contributed by atoms with Crippen molar-refractivity contribution in [1.29, 1.82) is 0 Å². The molecule has 0 aliphatic heterocycles. The Morgan fingerprint density at radius 2 is 2.37 bits per heavy atom. The SMILES string of the molecule is CCNC(c1cncs1)c1c(Cl)cnn1CCOC. The van der Waals surface area contributed by atoms with E-state index in [9.17, 15) is 0 Å². The molecule has 1 atom stereocenters. The molecule has 1 unspecified atom stereocenters. The molecule has 0 aromatic carbocycles. The van der Waals surface area contributed by atoms with Gasteiger partial charge in [0.15, 0.2) is 0 Å². The number of rotatable bonds is 7. The maximum absolute atomic E-state index is 6.29. The van der Waals surface area contributed by atoms with E-state index in [1.54, 1.807) is 24.6 Å². The van der Waals surface area contributed by atoms with E-state index in [-0.39, 0.29) is 6.04 Å². The number of hydrogen-bond donors (Lipinski definition) is 1. The van der Waals surface area contributed by atoms with Crippen LogP contribution in [0.25, 0.3) is 0 Å². The molecule has 2 rings (SSSR count). The van der Waals surface area contributed by atoms with Gasteiger partial charge in [-0.2, -0.15) is 5.10 Å². The fraction of sp³-hybridized carbons (Fsp3) is 0.500. The minimum absolute atomic E-state index is 0.0179. The van der Waals surface area contributed by atoms with Crippen molar-refractivity contribution in [2.45, 2.75) is 19.5 Å². The van der Waals surface area contributed by atoms with Crippen LogP contribution < -0.4 is 5.32 Å². The Hall–Kier alpha value is -0.950. The van der Waals surface area contributed by atoms with Gasteiger partial charge in [0.05, 0.1) is 41.6 Å². The van der Waals surface area contributed by atoms with E-state index in [4.69, 9.17) is 16.3 Å². The highest BCUT2D eigenvalue weighted by Gasteiger charge is 2.22. The fourth-order valence-corrected chi connectivity index (χ4v) is 2.87. The Balaban J connectivity index is 2.33. The molecule has 7 heteroatoms. The van der Waals surface area contributed by atoms with E-state index in [1.807, 2.05) is 16.4 Å². The van der Waals surface area contributed by atoms with Gasteiger partial charge in [-0.1, -0.05) is 18.5 Å². The van der Waals surface area contributed by atoms with Gasteiger partial charge >= 0.3 is 0 Å². The van der Waals surface area contributed by atoms with Crippen molar-refractivity contribution in [3.63, 3.8) is 0 Å². The summed E-state index contributed by atoms with van der Waals surface area (Å²) in [5, 5.41) is 8.41. The summed E-state index contributed by atoms with van der Waals surface area (Å²) in [5.74, 6) is 0. The largest absolute Gasteiger partial charge is 0.383 e. The van der Waals surface area contributed by atoms with E-state index >= 15 is 0 Å². The van der Waals surface area contributed by atoms with Gasteiger partial charge in [-0.25, -0.2) is 0 Å². The molecule has 0 radical (unpaired) electrons. The lowest BCUT2D eigenvalue weighted by molar-refractivity contribution is 0.182. The first-order chi connectivity index (χ1) is 9.27. The highest BCUT2D eigenvalue weighted by molar-refractivity contribution is 7.09. The molecule has 1 N–H and O–H groups in total. The Morgan fingerprint density at radius 3 is 3.00 bits per heavy atom. The lowest BCUT2D eigenvalue weighted by atomic mass is 10.2. The van der Waals surface area contributed by atoms with Gasteiger partial charge in [0.25, 0.3) is 0 Å². The number of hydrogen-bond acceptors (Lipinski definition) is 5. The van der Waals surface area contributed by atoms with E-state index < -0.39 is 0 Å². The van der Waals surface area contributed by atoms with E-state index in [1.165, 1.54) is 0 Å². The Morgan fingerprint density at radius 1 is 1.53 bits per heavy atom. The zero-order chi connectivity index (χ0) is 13.7. The second kappa shape index (κ2) is 7.00. The fourth-order valence-electron chi connectivity index (χ4n) is 1.92. The number of nitrogens with zero attached hydrogens (tertiary/aromatic N) is 3. The van der Waals surface area contributed by atoms with Crippen LogP contribution in [-0.2, 0) is 11.3 Å². The van der Waals surface area contributed by atoms with Crippen molar-refractivity contribution in [3.05, 3.63) is 33.5 Å². The maximum atomic E-state index is 6.29. The average molecular weight is 301 g/mol. The molecule has 2 aromatic rings. The first kappa shape index (κ1) is 14.5. The Bertz CT molecular complexity index is 500. The van der Waals surface area contributed by atoms with Crippen molar-refractivity contribution < 1.29 is 4.74 Å². The van der Waals surface area contributed by atoms with Crippen LogP contribution in [0.15, 0.2) is 17.9 Å². The summed E-state index contributed by atoms with van der Waals surface area (Å²) in [7, 11) is 1.68. The molecule has 0 saturated heterocycles. The molecule has 0 amide bonds. The molecule has 0 aliphatic carbocycles. The van der Waals surface area contributed by atoms with Crippen LogP contribution in [-0.4, -0.2) is 35.0 Å². The van der Waals surface area contributed by atoms with Gasteiger partial charge in [0.1, 0.15) is 0 Å². The van der Waals surface area contributed by atoms with Gasteiger partial charge in [0.2, 0.25) is 0 Å². The third-order valence-electron chi connectivity index (χ3n) is 2.76. The summed E-state index contributed by atoms with van der Waals surface area (Å²) in [6.07, 6.45) is 3.54. The van der Waals surface area contributed by atoms with E-state index in [0.717, 1.165) is 17.1 Å². The first-order valence-corrected chi connectivity index (χ1v) is 7.35. The standard InChI is InChI=1S/C12H17ClN4OS/c1-3-15-11(10-7-14-8-19-10)12-9(13)6-16-17(12)4-5-18-2/h6-8,11,15H,3-5H2,1-2H3. The first-order valence-electron chi connectivity index (χ1n) is 6.09. The van der Waals surface area contributed by atoms with Crippen LogP contribution in [0.1, 0.15) is 23.5 Å². The minimum atomic E-state index is 0.0179. The summed E-state index contributed by atoms with van der Waals surface area (Å²) in [4.78, 5) is 5.27. The normalized spacial score (nSPS) is 12.8. The monoisotopic (exact) mass is 300 g/mol. The minimum Gasteiger partial charge on any atom is -0.383 e. The molecule has 0 bridgehead atoms. The number of aromatic nitrogens is 3. The van der Waals surface area contributed by atoms with Crippen LogP contribution in [0, 0.1) is 0 Å². The Kier molecular flexibility index (Phi) is 5.33. The molecule has 0 saturated carbocycles. The summed E-state index contributed by atoms with van der Waals surface area (Å²) < 4.78 is 6.99. The van der Waals surface area contributed by atoms with Gasteiger partial charge in [-0.05, 0) is 6.54 Å². The molecule has 0 aliphatic rings. The van der Waals surface area contributed by atoms with Gasteiger partial charge in [-0.15, -0.1) is 11.3 Å². The van der Waals surface area contributed by atoms with Crippen LogP contribution >= 0.6 is 22.9 Å². The topological polar surface area (TPSA) is 52.0 Å². The molecular formula is C12H17ClN4OS. The van der Waals surface area contributed by atoms with Crippen molar-refractivity contribution in [3.8, 4) is 0 Å². The summed E-state index contributed by atoms with van der Waals surface area (Å²) >= 11 is 7.90. The average Bonchev–Trinajstić information content (AvgIpc) is 3.04. The molecular weight excluding hydrogens is 284 g/mol. The van der Waals surface area contributed by atoms with Gasteiger partial charge in [0, 0.05) is 18.2 Å². The lowest BCUT2D eigenvalue weighted by Crippen LogP contribution is -2.25. The van der Waals surface area contributed by atoms with Crippen molar-refractivity contribution in [1.82, 2.24) is 20.1 Å². The Labute approximate surface area is 121 Å². The van der Waals surface area contributed by atoms with E-state index in [0.29, 0.717) is 18.2 Å². The summed E-state index contributed by atoms with van der Waals surface area (Å²) in [6, 6.07) is 0.0179. The van der Waals surface area contributed by atoms with Crippen LogP contribution in [0.4, 0.5) is 0 Å². The third-order valence-corrected chi connectivity index (χ3v) is 3.89. The molecule has 0 spiro atoms. The summed E-state index contributed by atoms with van der Waals surface area (Å²) in [5.41, 5.74) is 2.79. The number of thiazole rings is 1. The van der Waals surface area contributed by atoms with Crippen molar-refractivity contribution in [2.75, 3.05) is 20.3 Å². The lowest BCUT2D eigenvalue weighted by Gasteiger charge is -2.18. The zero-order valence-electron chi connectivity index (χ0n) is 11.0. The highest BCUT2D eigenvalue weighted by atomic mass is 35.5. The van der Waals surface area contributed by atoms with Crippen LogP contribution in [0.2, 0.25) is 5.02 Å². The number of methoxy groups -OCH3 is 1.